The summed E-state index contributed by atoms with van der Waals surface area (Å²) in [7, 11) is 2.02. The second-order valence-corrected chi connectivity index (χ2v) is 13.6. The summed E-state index contributed by atoms with van der Waals surface area (Å²) in [4.78, 5) is 56.2. The van der Waals surface area contributed by atoms with Crippen molar-refractivity contribution >= 4 is 24.0 Å². The van der Waals surface area contributed by atoms with Crippen LogP contribution in [0.2, 0.25) is 0 Å². The number of carbonyl (C=O) groups excluding carboxylic acids is 4. The summed E-state index contributed by atoms with van der Waals surface area (Å²) in [5, 5.41) is 8.63. The standard InChI is InChI=1S/C36H51N5O6/c1-36(2,3)47-35(45)38-30(33(43)41-21-19-40(4)20-22-41)23-26-15-17-27(18-16-26)24-37-32(42)31(29-13-9-6-10-14-29)39-34(44)46-25-28-11-7-5-8-12-28/h5,7-8,11-12,15-18,29-31H,6,9-10,13-14,19-25H2,1-4H3,(H,37,42)(H,38,45)(H,39,44)/t30-,31+/m1/s1. The van der Waals surface area contributed by atoms with Crippen LogP contribution in [-0.2, 0) is 38.6 Å². The fourth-order valence-corrected chi connectivity index (χ4v) is 5.98. The molecule has 2 atom stereocenters. The van der Waals surface area contributed by atoms with Gasteiger partial charge in [-0.2, -0.15) is 0 Å². The van der Waals surface area contributed by atoms with Crippen LogP contribution < -0.4 is 16.0 Å². The fourth-order valence-electron chi connectivity index (χ4n) is 5.98. The van der Waals surface area contributed by atoms with Crippen LogP contribution in [0.15, 0.2) is 54.6 Å². The van der Waals surface area contributed by atoms with E-state index in [1.165, 1.54) is 0 Å². The van der Waals surface area contributed by atoms with E-state index in [4.69, 9.17) is 9.47 Å². The van der Waals surface area contributed by atoms with Crippen molar-refractivity contribution in [1.82, 2.24) is 25.8 Å². The zero-order chi connectivity index (χ0) is 33.8. The first-order chi connectivity index (χ1) is 22.5. The molecule has 1 saturated heterocycles. The van der Waals surface area contributed by atoms with Gasteiger partial charge in [-0.15, -0.1) is 0 Å². The molecule has 4 amide bonds. The second kappa shape index (κ2) is 17.2. The molecular formula is C36H51N5O6. The minimum Gasteiger partial charge on any atom is -0.445 e. The molecule has 2 fully saturated rings. The molecule has 4 rings (SSSR count). The third-order valence-electron chi connectivity index (χ3n) is 8.62. The minimum atomic E-state index is -0.775. The summed E-state index contributed by atoms with van der Waals surface area (Å²) in [6.45, 7) is 8.51. The van der Waals surface area contributed by atoms with Crippen LogP contribution in [0.4, 0.5) is 9.59 Å². The van der Waals surface area contributed by atoms with E-state index in [-0.39, 0.29) is 30.9 Å². The normalized spacial score (nSPS) is 17.2. The van der Waals surface area contributed by atoms with E-state index in [9.17, 15) is 19.2 Å². The maximum Gasteiger partial charge on any atom is 0.408 e. The van der Waals surface area contributed by atoms with Gasteiger partial charge >= 0.3 is 12.2 Å². The van der Waals surface area contributed by atoms with E-state index in [1.807, 2.05) is 61.6 Å². The number of benzene rings is 2. The molecule has 11 nitrogen and oxygen atoms in total. The lowest BCUT2D eigenvalue weighted by Crippen LogP contribution is -2.55. The lowest BCUT2D eigenvalue weighted by atomic mass is 9.83. The Morgan fingerprint density at radius 1 is 0.809 bits per heavy atom. The van der Waals surface area contributed by atoms with Crippen LogP contribution in [-0.4, -0.2) is 84.7 Å². The van der Waals surface area contributed by atoms with Crippen LogP contribution in [0.1, 0.15) is 69.6 Å². The first-order valence-electron chi connectivity index (χ1n) is 16.8. The predicted octanol–water partition coefficient (Wildman–Crippen LogP) is 4.39. The summed E-state index contributed by atoms with van der Waals surface area (Å²) >= 11 is 0. The number of nitrogens with one attached hydrogen (secondary N) is 3. The van der Waals surface area contributed by atoms with Gasteiger partial charge in [0.25, 0.3) is 0 Å². The van der Waals surface area contributed by atoms with E-state index in [2.05, 4.69) is 20.9 Å². The molecule has 11 heteroatoms. The molecule has 0 unspecified atom stereocenters. The van der Waals surface area contributed by atoms with Crippen LogP contribution in [0.3, 0.4) is 0 Å². The number of alkyl carbamates (subject to hydrolysis) is 2. The quantitative estimate of drug-likeness (QED) is 0.330. The van der Waals surface area contributed by atoms with Crippen molar-refractivity contribution in [3.05, 3.63) is 71.3 Å². The minimum absolute atomic E-state index is 0.0441. The largest absolute Gasteiger partial charge is 0.445 e. The summed E-state index contributed by atoms with van der Waals surface area (Å²) in [5.74, 6) is -0.330. The Bertz CT molecular complexity index is 1320. The van der Waals surface area contributed by atoms with E-state index < -0.39 is 29.9 Å². The first kappa shape index (κ1) is 35.7. The highest BCUT2D eigenvalue weighted by Gasteiger charge is 2.32. The Labute approximate surface area is 278 Å². The molecule has 1 aliphatic carbocycles. The summed E-state index contributed by atoms with van der Waals surface area (Å²) in [6.07, 6.45) is 3.99. The number of piperazine rings is 1. The highest BCUT2D eigenvalue weighted by Crippen LogP contribution is 2.27. The van der Waals surface area contributed by atoms with Gasteiger partial charge in [0.05, 0.1) is 0 Å². The van der Waals surface area contributed by atoms with Crippen LogP contribution in [0.25, 0.3) is 0 Å². The van der Waals surface area contributed by atoms with E-state index in [0.29, 0.717) is 19.5 Å². The smallest absolute Gasteiger partial charge is 0.408 e. The highest BCUT2D eigenvalue weighted by molar-refractivity contribution is 5.87. The monoisotopic (exact) mass is 649 g/mol. The molecule has 1 aliphatic heterocycles. The summed E-state index contributed by atoms with van der Waals surface area (Å²) in [5.41, 5.74) is 1.93. The average Bonchev–Trinajstić information content (AvgIpc) is 3.05. The molecule has 3 N–H and O–H groups in total. The van der Waals surface area contributed by atoms with Gasteiger partial charge in [0.15, 0.2) is 0 Å². The molecule has 256 valence electrons. The lowest BCUT2D eigenvalue weighted by Gasteiger charge is -2.35. The fraction of sp³-hybridized carbons (Fsp3) is 0.556. The Morgan fingerprint density at radius 3 is 2.09 bits per heavy atom. The van der Waals surface area contributed by atoms with E-state index in [1.54, 1.807) is 25.7 Å². The van der Waals surface area contributed by atoms with Gasteiger partial charge in [-0.1, -0.05) is 73.9 Å². The third-order valence-corrected chi connectivity index (χ3v) is 8.62. The van der Waals surface area contributed by atoms with Gasteiger partial charge < -0.3 is 35.2 Å². The van der Waals surface area contributed by atoms with E-state index >= 15 is 0 Å². The first-order valence-corrected chi connectivity index (χ1v) is 16.8. The number of carbonyl (C=O) groups is 4. The number of ether oxygens (including phenoxy) is 2. The Balaban J connectivity index is 1.35. The van der Waals surface area contributed by atoms with Crippen molar-refractivity contribution in [2.75, 3.05) is 33.2 Å². The number of nitrogens with zero attached hydrogens (tertiary/aromatic N) is 2. The molecular weight excluding hydrogens is 598 g/mol. The van der Waals surface area contributed by atoms with Crippen molar-refractivity contribution in [2.45, 2.75) is 90.1 Å². The number of hydrogen-bond acceptors (Lipinski definition) is 7. The number of likely N-dealkylation sites (N-methyl/N-ethyl adjacent to an activating group) is 1. The summed E-state index contributed by atoms with van der Waals surface area (Å²) < 4.78 is 10.9. The molecule has 0 aromatic heterocycles. The van der Waals surface area contributed by atoms with Crippen molar-refractivity contribution in [1.29, 1.82) is 0 Å². The van der Waals surface area contributed by atoms with Crippen molar-refractivity contribution in [2.24, 2.45) is 5.92 Å². The lowest BCUT2D eigenvalue weighted by molar-refractivity contribution is -0.135. The Kier molecular flexibility index (Phi) is 13.0. The molecule has 2 aromatic rings. The van der Waals surface area contributed by atoms with Crippen molar-refractivity contribution < 1.29 is 28.7 Å². The average molecular weight is 650 g/mol. The predicted molar refractivity (Wildman–Crippen MR) is 179 cm³/mol. The van der Waals surface area contributed by atoms with Gasteiger partial charge in [-0.05, 0) is 63.3 Å². The third kappa shape index (κ3) is 11.9. The molecule has 0 bridgehead atoms. The summed E-state index contributed by atoms with van der Waals surface area (Å²) in [6, 6.07) is 15.6. The van der Waals surface area contributed by atoms with Gasteiger partial charge in [0, 0.05) is 39.1 Å². The highest BCUT2D eigenvalue weighted by atomic mass is 16.6. The van der Waals surface area contributed by atoms with Crippen LogP contribution >= 0.6 is 0 Å². The molecule has 1 saturated carbocycles. The molecule has 2 aliphatic rings. The van der Waals surface area contributed by atoms with Gasteiger partial charge in [-0.25, -0.2) is 9.59 Å². The number of rotatable bonds is 11. The number of amides is 4. The maximum atomic E-state index is 13.5. The SMILES string of the molecule is CN1CCN(C(=O)[C@@H](Cc2ccc(CNC(=O)[C@@H](NC(=O)OCc3ccccc3)C3CCCCC3)cc2)NC(=O)OC(C)(C)C)CC1. The van der Waals surface area contributed by atoms with Gasteiger partial charge in [0.2, 0.25) is 11.8 Å². The second-order valence-electron chi connectivity index (χ2n) is 13.6. The topological polar surface area (TPSA) is 129 Å². The van der Waals surface area contributed by atoms with Crippen LogP contribution in [0, 0.1) is 5.92 Å². The zero-order valence-electron chi connectivity index (χ0n) is 28.3. The molecule has 47 heavy (non-hydrogen) atoms. The molecule has 1 heterocycles. The molecule has 0 radical (unpaired) electrons. The number of hydrogen-bond donors (Lipinski definition) is 3. The van der Waals surface area contributed by atoms with Gasteiger partial charge in [-0.3, -0.25) is 9.59 Å². The zero-order valence-corrected chi connectivity index (χ0v) is 28.3. The van der Waals surface area contributed by atoms with E-state index in [0.717, 1.165) is 61.9 Å². The van der Waals surface area contributed by atoms with Crippen molar-refractivity contribution in [3.63, 3.8) is 0 Å². The molecule has 2 aromatic carbocycles. The Hall–Kier alpha value is -4.12. The maximum absolute atomic E-state index is 13.5. The Morgan fingerprint density at radius 2 is 1.45 bits per heavy atom. The van der Waals surface area contributed by atoms with Gasteiger partial charge in [0.1, 0.15) is 24.3 Å². The van der Waals surface area contributed by atoms with Crippen LogP contribution in [0.5, 0.6) is 0 Å². The van der Waals surface area contributed by atoms with Crippen molar-refractivity contribution in [3.8, 4) is 0 Å². The molecule has 0 spiro atoms.